The molecular weight excluding hydrogens is 232 g/mol. The van der Waals surface area contributed by atoms with Crippen LogP contribution in [0.15, 0.2) is 6.07 Å². The summed E-state index contributed by atoms with van der Waals surface area (Å²) in [4.78, 5) is 27.9. The molecule has 1 aromatic rings. The zero-order valence-electron chi connectivity index (χ0n) is 10.6. The summed E-state index contributed by atoms with van der Waals surface area (Å²) in [6.45, 7) is 2.62. The Morgan fingerprint density at radius 2 is 2.33 bits per heavy atom. The molecule has 2 heterocycles. The molecule has 1 aliphatic rings. The number of hydrogen-bond acceptors (Lipinski definition) is 4. The van der Waals surface area contributed by atoms with Crippen molar-refractivity contribution < 1.29 is 14.3 Å². The summed E-state index contributed by atoms with van der Waals surface area (Å²) < 4.78 is 4.74. The Balaban J connectivity index is 2.52. The Hall–Kier alpha value is -1.91. The van der Waals surface area contributed by atoms with Gasteiger partial charge in [0.2, 0.25) is 0 Å². The van der Waals surface area contributed by atoms with Gasteiger partial charge >= 0.3 is 5.97 Å². The second-order valence-electron chi connectivity index (χ2n) is 4.22. The van der Waals surface area contributed by atoms with E-state index in [1.165, 1.54) is 7.11 Å². The summed E-state index contributed by atoms with van der Waals surface area (Å²) in [5, 5.41) is 2.74. The average molecular weight is 248 g/mol. The van der Waals surface area contributed by atoms with E-state index in [4.69, 9.17) is 4.74 Å². The van der Waals surface area contributed by atoms with Crippen LogP contribution in [0.2, 0.25) is 0 Å². The molecule has 96 valence electrons. The summed E-state index contributed by atoms with van der Waals surface area (Å²) in [6.07, 6.45) is 2.31. The predicted octanol–water partition coefficient (Wildman–Crippen LogP) is 1.11. The van der Waals surface area contributed by atoms with Crippen molar-refractivity contribution >= 4 is 11.9 Å². The van der Waals surface area contributed by atoms with Crippen molar-refractivity contribution in [2.45, 2.75) is 26.2 Å². The van der Waals surface area contributed by atoms with Gasteiger partial charge in [-0.15, -0.1) is 0 Å². The standard InChI is InChI=1S/C13H16N2O3/c1-3-4-10-9(13(17)18-2)7-8-11(15-10)5-6-14-12(8)16/h7H,3-6H2,1-2H3,(H,14,16). The maximum atomic E-state index is 11.7. The lowest BCUT2D eigenvalue weighted by atomic mass is 10.0. The number of nitrogens with one attached hydrogen (secondary N) is 1. The summed E-state index contributed by atoms with van der Waals surface area (Å²) in [7, 11) is 1.33. The topological polar surface area (TPSA) is 68.3 Å². The van der Waals surface area contributed by atoms with Gasteiger partial charge in [0.15, 0.2) is 0 Å². The van der Waals surface area contributed by atoms with E-state index >= 15 is 0 Å². The third-order valence-electron chi connectivity index (χ3n) is 2.96. The normalized spacial score (nSPS) is 13.8. The fourth-order valence-electron chi connectivity index (χ4n) is 2.09. The molecule has 0 aromatic carbocycles. The van der Waals surface area contributed by atoms with Crippen LogP contribution in [-0.4, -0.2) is 30.5 Å². The lowest BCUT2D eigenvalue weighted by molar-refractivity contribution is 0.0599. The minimum Gasteiger partial charge on any atom is -0.465 e. The monoisotopic (exact) mass is 248 g/mol. The second kappa shape index (κ2) is 5.16. The molecule has 18 heavy (non-hydrogen) atoms. The van der Waals surface area contributed by atoms with Crippen LogP contribution in [-0.2, 0) is 17.6 Å². The zero-order valence-corrected chi connectivity index (χ0v) is 10.6. The van der Waals surface area contributed by atoms with Crippen molar-refractivity contribution in [3.05, 3.63) is 28.6 Å². The number of hydrogen-bond donors (Lipinski definition) is 1. The van der Waals surface area contributed by atoms with Crippen LogP contribution in [0.25, 0.3) is 0 Å². The highest BCUT2D eigenvalue weighted by atomic mass is 16.5. The molecule has 0 fully saturated rings. The lowest BCUT2D eigenvalue weighted by Crippen LogP contribution is -2.33. The van der Waals surface area contributed by atoms with E-state index in [0.717, 1.165) is 17.8 Å². The fraction of sp³-hybridized carbons (Fsp3) is 0.462. The molecule has 5 heteroatoms. The molecular formula is C13H16N2O3. The molecule has 0 spiro atoms. The van der Waals surface area contributed by atoms with E-state index in [9.17, 15) is 9.59 Å². The summed E-state index contributed by atoms with van der Waals surface area (Å²) in [5.74, 6) is -0.607. The number of carbonyl (C=O) groups is 2. The Labute approximate surface area is 106 Å². The summed E-state index contributed by atoms with van der Waals surface area (Å²) in [6, 6.07) is 1.60. The van der Waals surface area contributed by atoms with Crippen LogP contribution >= 0.6 is 0 Å². The zero-order chi connectivity index (χ0) is 13.1. The van der Waals surface area contributed by atoms with Crippen LogP contribution < -0.4 is 5.32 Å². The first kappa shape index (κ1) is 12.5. The number of pyridine rings is 1. The Bertz CT molecular complexity index is 497. The van der Waals surface area contributed by atoms with Crippen LogP contribution in [0.4, 0.5) is 0 Å². The first-order valence-electron chi connectivity index (χ1n) is 6.06. The number of aryl methyl sites for hydroxylation is 1. The Morgan fingerprint density at radius 3 is 3.00 bits per heavy atom. The molecule has 1 aromatic heterocycles. The minimum atomic E-state index is -0.438. The maximum Gasteiger partial charge on any atom is 0.339 e. The number of carbonyl (C=O) groups excluding carboxylic acids is 2. The highest BCUT2D eigenvalue weighted by Gasteiger charge is 2.23. The molecule has 0 aliphatic carbocycles. The molecule has 1 N–H and O–H groups in total. The number of esters is 1. The Kier molecular flexibility index (Phi) is 3.60. The van der Waals surface area contributed by atoms with Gasteiger partial charge in [0.25, 0.3) is 5.91 Å². The number of aromatic nitrogens is 1. The van der Waals surface area contributed by atoms with E-state index in [1.54, 1.807) is 6.07 Å². The maximum absolute atomic E-state index is 11.7. The lowest BCUT2D eigenvalue weighted by Gasteiger charge is -2.18. The van der Waals surface area contributed by atoms with Gasteiger partial charge in [0.05, 0.1) is 29.6 Å². The Morgan fingerprint density at radius 1 is 1.56 bits per heavy atom. The van der Waals surface area contributed by atoms with Crippen molar-refractivity contribution in [2.75, 3.05) is 13.7 Å². The average Bonchev–Trinajstić information content (AvgIpc) is 2.38. The van der Waals surface area contributed by atoms with Gasteiger partial charge in [-0.25, -0.2) is 4.79 Å². The number of amides is 1. The number of nitrogens with zero attached hydrogens (tertiary/aromatic N) is 1. The molecule has 0 bridgehead atoms. The van der Waals surface area contributed by atoms with Crippen LogP contribution in [0.5, 0.6) is 0 Å². The molecule has 2 rings (SSSR count). The number of methoxy groups -OCH3 is 1. The van der Waals surface area contributed by atoms with Crippen LogP contribution in [0, 0.1) is 0 Å². The van der Waals surface area contributed by atoms with Crippen molar-refractivity contribution in [1.82, 2.24) is 10.3 Å². The number of fused-ring (bicyclic) bond motifs is 1. The van der Waals surface area contributed by atoms with E-state index in [1.807, 2.05) is 6.92 Å². The minimum absolute atomic E-state index is 0.169. The molecule has 1 amide bonds. The van der Waals surface area contributed by atoms with Crippen molar-refractivity contribution in [2.24, 2.45) is 0 Å². The summed E-state index contributed by atoms with van der Waals surface area (Å²) in [5.41, 5.74) is 2.38. The fourth-order valence-corrected chi connectivity index (χ4v) is 2.09. The quantitative estimate of drug-likeness (QED) is 0.813. The van der Waals surface area contributed by atoms with Gasteiger partial charge in [-0.3, -0.25) is 9.78 Å². The van der Waals surface area contributed by atoms with Crippen LogP contribution in [0.3, 0.4) is 0 Å². The smallest absolute Gasteiger partial charge is 0.339 e. The highest BCUT2D eigenvalue weighted by molar-refractivity contribution is 5.99. The van der Waals surface area contributed by atoms with Crippen LogP contribution in [0.1, 0.15) is 45.4 Å². The van der Waals surface area contributed by atoms with Gasteiger partial charge in [-0.05, 0) is 12.5 Å². The molecule has 0 unspecified atom stereocenters. The van der Waals surface area contributed by atoms with Gasteiger partial charge in [0.1, 0.15) is 0 Å². The van der Waals surface area contributed by atoms with Crippen molar-refractivity contribution in [3.63, 3.8) is 0 Å². The molecule has 0 radical (unpaired) electrons. The molecule has 0 atom stereocenters. The van der Waals surface area contributed by atoms with E-state index in [0.29, 0.717) is 30.5 Å². The first-order valence-corrected chi connectivity index (χ1v) is 6.06. The van der Waals surface area contributed by atoms with Gasteiger partial charge in [0, 0.05) is 13.0 Å². The first-order chi connectivity index (χ1) is 8.67. The van der Waals surface area contributed by atoms with Gasteiger partial charge in [-0.1, -0.05) is 13.3 Å². The largest absolute Gasteiger partial charge is 0.465 e. The van der Waals surface area contributed by atoms with E-state index in [-0.39, 0.29) is 5.91 Å². The molecule has 0 saturated heterocycles. The molecule has 0 saturated carbocycles. The third-order valence-corrected chi connectivity index (χ3v) is 2.96. The number of ether oxygens (including phenoxy) is 1. The SMILES string of the molecule is CCCc1nc2c(cc1C(=O)OC)C(=O)NCC2. The van der Waals surface area contributed by atoms with Gasteiger partial charge < -0.3 is 10.1 Å². The van der Waals surface area contributed by atoms with Gasteiger partial charge in [-0.2, -0.15) is 0 Å². The molecule has 1 aliphatic heterocycles. The third kappa shape index (κ3) is 2.20. The second-order valence-corrected chi connectivity index (χ2v) is 4.22. The van der Waals surface area contributed by atoms with E-state index < -0.39 is 5.97 Å². The van der Waals surface area contributed by atoms with Crippen molar-refractivity contribution in [1.29, 1.82) is 0 Å². The van der Waals surface area contributed by atoms with E-state index in [2.05, 4.69) is 10.3 Å². The number of rotatable bonds is 3. The van der Waals surface area contributed by atoms with Crippen molar-refractivity contribution in [3.8, 4) is 0 Å². The highest BCUT2D eigenvalue weighted by Crippen LogP contribution is 2.18. The molecule has 5 nitrogen and oxygen atoms in total. The predicted molar refractivity (Wildman–Crippen MR) is 65.6 cm³/mol. The summed E-state index contributed by atoms with van der Waals surface area (Å²) >= 11 is 0.